The van der Waals surface area contributed by atoms with Crippen molar-refractivity contribution in [2.24, 2.45) is 16.6 Å². The molecule has 0 radical (unpaired) electrons. The van der Waals surface area contributed by atoms with E-state index in [9.17, 15) is 8.42 Å². The second-order valence-corrected chi connectivity index (χ2v) is 7.11. The highest BCUT2D eigenvalue weighted by atomic mass is 127. The van der Waals surface area contributed by atoms with Gasteiger partial charge in [0.25, 0.3) is 0 Å². The molecular formula is C11H25IN4O2S. The first kappa shape index (κ1) is 18.9. The molecule has 1 heterocycles. The van der Waals surface area contributed by atoms with Crippen LogP contribution in [0.2, 0.25) is 0 Å². The van der Waals surface area contributed by atoms with Crippen molar-refractivity contribution in [2.45, 2.75) is 32.7 Å². The molecule has 1 aliphatic heterocycles. The van der Waals surface area contributed by atoms with Crippen molar-refractivity contribution in [3.8, 4) is 0 Å². The fraction of sp³-hybridized carbons (Fsp3) is 0.909. The van der Waals surface area contributed by atoms with Crippen molar-refractivity contribution in [2.75, 3.05) is 25.9 Å². The molecule has 1 aliphatic rings. The number of nitrogens with one attached hydrogen (secondary N) is 1. The topological polar surface area (TPSA) is 87.8 Å². The third-order valence-corrected chi connectivity index (χ3v) is 4.23. The monoisotopic (exact) mass is 404 g/mol. The lowest BCUT2D eigenvalue weighted by Gasteiger charge is -2.22. The van der Waals surface area contributed by atoms with Crippen molar-refractivity contribution < 1.29 is 8.42 Å². The van der Waals surface area contributed by atoms with E-state index in [1.807, 2.05) is 0 Å². The van der Waals surface area contributed by atoms with Crippen LogP contribution in [0.5, 0.6) is 0 Å². The minimum absolute atomic E-state index is 0. The fourth-order valence-electron chi connectivity index (χ4n) is 2.01. The van der Waals surface area contributed by atoms with E-state index in [0.29, 0.717) is 31.5 Å². The maximum Gasteiger partial charge on any atom is 0.211 e. The molecule has 8 heteroatoms. The van der Waals surface area contributed by atoms with Crippen molar-refractivity contribution in [1.29, 1.82) is 0 Å². The Morgan fingerprint density at radius 3 is 2.68 bits per heavy atom. The predicted molar refractivity (Wildman–Crippen MR) is 89.3 cm³/mol. The molecule has 6 nitrogen and oxygen atoms in total. The number of guanidine groups is 1. The van der Waals surface area contributed by atoms with Gasteiger partial charge in [-0.15, -0.1) is 24.0 Å². The summed E-state index contributed by atoms with van der Waals surface area (Å²) in [6.45, 7) is 5.95. The highest BCUT2D eigenvalue weighted by molar-refractivity contribution is 14.0. The highest BCUT2D eigenvalue weighted by Crippen LogP contribution is 2.19. The van der Waals surface area contributed by atoms with E-state index in [1.54, 1.807) is 0 Å². The maximum atomic E-state index is 11.5. The number of hydrogen-bond donors (Lipinski definition) is 2. The van der Waals surface area contributed by atoms with Gasteiger partial charge in [-0.05, 0) is 18.8 Å². The molecule has 1 rings (SSSR count). The molecule has 1 fully saturated rings. The van der Waals surface area contributed by atoms with Gasteiger partial charge in [0.2, 0.25) is 10.0 Å². The number of nitrogens with two attached hydrogens (primary N) is 1. The molecule has 1 saturated heterocycles. The van der Waals surface area contributed by atoms with Crippen molar-refractivity contribution in [3.63, 3.8) is 0 Å². The van der Waals surface area contributed by atoms with E-state index < -0.39 is 10.0 Å². The molecule has 3 N–H and O–H groups in total. The van der Waals surface area contributed by atoms with Crippen LogP contribution in [0.3, 0.4) is 0 Å². The van der Waals surface area contributed by atoms with Crippen molar-refractivity contribution >= 4 is 40.0 Å². The summed E-state index contributed by atoms with van der Waals surface area (Å²) in [5.41, 5.74) is 5.73. The fourth-order valence-corrected chi connectivity index (χ4v) is 3.19. The van der Waals surface area contributed by atoms with Crippen LogP contribution in [0, 0.1) is 5.92 Å². The Kier molecular flexibility index (Phi) is 8.21. The molecule has 1 atom stereocenters. The number of sulfonamides is 1. The Balaban J connectivity index is 0.00000324. The largest absolute Gasteiger partial charge is 0.370 e. The van der Waals surface area contributed by atoms with Gasteiger partial charge in [-0.1, -0.05) is 13.8 Å². The van der Waals surface area contributed by atoms with Gasteiger partial charge in [-0.3, -0.25) is 4.99 Å². The van der Waals surface area contributed by atoms with E-state index in [0.717, 1.165) is 12.8 Å². The summed E-state index contributed by atoms with van der Waals surface area (Å²) >= 11 is 0. The Morgan fingerprint density at radius 2 is 2.16 bits per heavy atom. The summed E-state index contributed by atoms with van der Waals surface area (Å²) in [6, 6.07) is -0.00667. The van der Waals surface area contributed by atoms with Crippen molar-refractivity contribution in [1.82, 2.24) is 9.62 Å². The van der Waals surface area contributed by atoms with E-state index in [4.69, 9.17) is 5.73 Å². The first-order valence-electron chi connectivity index (χ1n) is 6.31. The number of aliphatic imine (C=N–C) groups is 1. The van der Waals surface area contributed by atoms with Gasteiger partial charge in [-0.25, -0.2) is 8.42 Å². The first-order valence-corrected chi connectivity index (χ1v) is 8.16. The zero-order chi connectivity index (χ0) is 13.8. The quantitative estimate of drug-likeness (QED) is 0.399. The summed E-state index contributed by atoms with van der Waals surface area (Å²) in [5, 5.41) is 3.00. The molecule has 19 heavy (non-hydrogen) atoms. The highest BCUT2D eigenvalue weighted by Gasteiger charge is 2.31. The summed E-state index contributed by atoms with van der Waals surface area (Å²) in [5.74, 6) is 0.855. The minimum atomic E-state index is -3.11. The lowest BCUT2D eigenvalue weighted by Crippen LogP contribution is -2.44. The third kappa shape index (κ3) is 6.75. The smallest absolute Gasteiger partial charge is 0.211 e. The molecule has 0 saturated carbocycles. The molecule has 0 amide bonds. The standard InChI is InChI=1S/C11H24N4O2S.HI/c1-9(2)7-13-11(12)14-8-10-5-4-6-15(10)18(3,16)17;/h9-10H,4-8H2,1-3H3,(H3,12,13,14);1H/t10-;/m1./s1. The van der Waals surface area contributed by atoms with Gasteiger partial charge in [0.15, 0.2) is 5.96 Å². The number of hydrogen-bond acceptors (Lipinski definition) is 3. The Hall–Kier alpha value is -0.0900. The van der Waals surface area contributed by atoms with Crippen molar-refractivity contribution in [3.05, 3.63) is 0 Å². The first-order chi connectivity index (χ1) is 8.30. The average Bonchev–Trinajstić information content (AvgIpc) is 2.71. The van der Waals surface area contributed by atoms with Crippen LogP contribution in [0.1, 0.15) is 26.7 Å². The van der Waals surface area contributed by atoms with Crippen LogP contribution in [0.15, 0.2) is 4.99 Å². The SMILES string of the molecule is CC(C)CN=C(N)NC[C@H]1CCCN1S(C)(=O)=O.I. The number of rotatable bonds is 5. The van der Waals surface area contributed by atoms with Crippen LogP contribution >= 0.6 is 24.0 Å². The van der Waals surface area contributed by atoms with Crippen LogP contribution in [-0.4, -0.2) is 50.6 Å². The normalized spacial score (nSPS) is 21.5. The van der Waals surface area contributed by atoms with Gasteiger partial charge < -0.3 is 11.1 Å². The predicted octanol–water partition coefficient (Wildman–Crippen LogP) is 0.589. The van der Waals surface area contributed by atoms with Gasteiger partial charge in [-0.2, -0.15) is 4.31 Å². The molecule has 114 valence electrons. The van der Waals surface area contributed by atoms with E-state index in [2.05, 4.69) is 24.2 Å². The summed E-state index contributed by atoms with van der Waals surface area (Å²) in [6.07, 6.45) is 3.03. The summed E-state index contributed by atoms with van der Waals surface area (Å²) in [4.78, 5) is 4.19. The average molecular weight is 404 g/mol. The molecular weight excluding hydrogens is 379 g/mol. The molecule has 0 aromatic heterocycles. The summed E-state index contributed by atoms with van der Waals surface area (Å²) in [7, 11) is -3.11. The number of halogens is 1. The zero-order valence-corrected chi connectivity index (χ0v) is 14.9. The van der Waals surface area contributed by atoms with Crippen LogP contribution in [-0.2, 0) is 10.0 Å². The molecule has 0 bridgehead atoms. The molecule has 0 aromatic rings. The molecule has 0 aromatic carbocycles. The van der Waals surface area contributed by atoms with Gasteiger partial charge in [0, 0.05) is 25.7 Å². The Morgan fingerprint density at radius 1 is 1.53 bits per heavy atom. The molecule has 0 aliphatic carbocycles. The second kappa shape index (κ2) is 8.25. The van der Waals surface area contributed by atoms with E-state index >= 15 is 0 Å². The Bertz CT molecular complexity index is 397. The van der Waals surface area contributed by atoms with Gasteiger partial charge >= 0.3 is 0 Å². The second-order valence-electron chi connectivity index (χ2n) is 5.17. The van der Waals surface area contributed by atoms with Gasteiger partial charge in [0.05, 0.1) is 6.26 Å². The lowest BCUT2D eigenvalue weighted by atomic mass is 10.2. The minimum Gasteiger partial charge on any atom is -0.370 e. The maximum absolute atomic E-state index is 11.5. The lowest BCUT2D eigenvalue weighted by molar-refractivity contribution is 0.388. The Labute approximate surface area is 133 Å². The van der Waals surface area contributed by atoms with Crippen LogP contribution in [0.4, 0.5) is 0 Å². The zero-order valence-electron chi connectivity index (χ0n) is 11.8. The molecule has 0 unspecified atom stereocenters. The van der Waals surface area contributed by atoms with Crippen LogP contribution < -0.4 is 11.1 Å². The summed E-state index contributed by atoms with van der Waals surface area (Å²) < 4.78 is 24.6. The number of nitrogens with zero attached hydrogens (tertiary/aromatic N) is 2. The van der Waals surface area contributed by atoms with E-state index in [1.165, 1.54) is 10.6 Å². The van der Waals surface area contributed by atoms with Gasteiger partial charge in [0.1, 0.15) is 0 Å². The molecule has 0 spiro atoms. The van der Waals surface area contributed by atoms with E-state index in [-0.39, 0.29) is 30.0 Å². The third-order valence-electron chi connectivity index (χ3n) is 2.89. The van der Waals surface area contributed by atoms with Crippen LogP contribution in [0.25, 0.3) is 0 Å².